The van der Waals surface area contributed by atoms with E-state index in [0.717, 1.165) is 45.2 Å². The van der Waals surface area contributed by atoms with Crippen LogP contribution < -0.4 is 9.64 Å². The van der Waals surface area contributed by atoms with Crippen molar-refractivity contribution in [2.45, 2.75) is 0 Å². The first-order valence-corrected chi connectivity index (χ1v) is 10.1. The van der Waals surface area contributed by atoms with Gasteiger partial charge in [0.15, 0.2) is 11.5 Å². The molecule has 0 atom stereocenters. The second-order valence-electron chi connectivity index (χ2n) is 7.64. The van der Waals surface area contributed by atoms with E-state index in [1.165, 1.54) is 0 Å². The van der Waals surface area contributed by atoms with Crippen molar-refractivity contribution in [1.29, 1.82) is 0 Å². The van der Waals surface area contributed by atoms with E-state index in [4.69, 9.17) is 9.72 Å². The molecule has 0 bridgehead atoms. The Labute approximate surface area is 177 Å². The minimum atomic E-state index is -0.0595. The fourth-order valence-electron chi connectivity index (χ4n) is 4.63. The standard InChI is InChI=1S/C26H15N3O2/c30-26-24-16(25-27-17-9-1-2-10-18(17)29(25)26)8-7-13-21(24)28-19-11-3-5-14-22(19)31-23-15-6-4-12-20(23)28/h1-15H. The molecule has 2 aliphatic rings. The highest BCUT2D eigenvalue weighted by Gasteiger charge is 2.36. The molecule has 0 amide bonds. The molecule has 3 heterocycles. The Bertz CT molecular complexity index is 1500. The summed E-state index contributed by atoms with van der Waals surface area (Å²) in [5.41, 5.74) is 5.77. The molecule has 0 saturated heterocycles. The van der Waals surface area contributed by atoms with E-state index in [-0.39, 0.29) is 5.91 Å². The van der Waals surface area contributed by atoms with Crippen LogP contribution in [0, 0.1) is 0 Å². The Balaban J connectivity index is 1.52. The Kier molecular flexibility index (Phi) is 3.09. The number of hydrogen-bond acceptors (Lipinski definition) is 4. The summed E-state index contributed by atoms with van der Waals surface area (Å²) in [6.45, 7) is 0. The van der Waals surface area contributed by atoms with Gasteiger partial charge in [-0.2, -0.15) is 0 Å². The molecule has 0 spiro atoms. The fourth-order valence-corrected chi connectivity index (χ4v) is 4.63. The number of carbonyl (C=O) groups is 1. The van der Waals surface area contributed by atoms with E-state index in [1.807, 2.05) is 91.0 Å². The normalized spacial score (nSPS) is 13.4. The van der Waals surface area contributed by atoms with Crippen molar-refractivity contribution in [3.8, 4) is 22.9 Å². The van der Waals surface area contributed by atoms with Crippen molar-refractivity contribution in [3.63, 3.8) is 0 Å². The highest BCUT2D eigenvalue weighted by molar-refractivity contribution is 6.17. The Morgan fingerprint density at radius 2 is 1.32 bits per heavy atom. The number of ether oxygens (including phenoxy) is 1. The van der Waals surface area contributed by atoms with Gasteiger partial charge < -0.3 is 9.64 Å². The van der Waals surface area contributed by atoms with Crippen LogP contribution in [0.1, 0.15) is 10.4 Å². The minimum absolute atomic E-state index is 0.0595. The molecule has 5 heteroatoms. The van der Waals surface area contributed by atoms with Gasteiger partial charge in [-0.3, -0.25) is 9.36 Å². The fraction of sp³-hybridized carbons (Fsp3) is 0. The van der Waals surface area contributed by atoms with Crippen LogP contribution in [0.15, 0.2) is 91.0 Å². The van der Waals surface area contributed by atoms with E-state index in [2.05, 4.69) is 4.90 Å². The number of nitrogens with zero attached hydrogens (tertiary/aromatic N) is 3. The van der Waals surface area contributed by atoms with Gasteiger partial charge in [-0.05, 0) is 42.5 Å². The Morgan fingerprint density at radius 3 is 2.10 bits per heavy atom. The maximum Gasteiger partial charge on any atom is 0.267 e. The smallest absolute Gasteiger partial charge is 0.267 e. The van der Waals surface area contributed by atoms with E-state index >= 15 is 0 Å². The Hall–Kier alpha value is -4.38. The summed E-state index contributed by atoms with van der Waals surface area (Å²) >= 11 is 0. The lowest BCUT2D eigenvalue weighted by Crippen LogP contribution is -2.19. The van der Waals surface area contributed by atoms with Gasteiger partial charge in [-0.15, -0.1) is 0 Å². The number of hydrogen-bond donors (Lipinski definition) is 0. The molecule has 0 radical (unpaired) electrons. The number of anilines is 3. The van der Waals surface area contributed by atoms with E-state index in [9.17, 15) is 4.79 Å². The first-order valence-electron chi connectivity index (χ1n) is 10.1. The lowest BCUT2D eigenvalue weighted by Gasteiger charge is -2.33. The van der Waals surface area contributed by atoms with Crippen LogP contribution in [0.25, 0.3) is 22.4 Å². The predicted octanol–water partition coefficient (Wildman–Crippen LogP) is 6.28. The van der Waals surface area contributed by atoms with Crippen molar-refractivity contribution in [2.24, 2.45) is 0 Å². The van der Waals surface area contributed by atoms with Crippen molar-refractivity contribution in [3.05, 3.63) is 96.6 Å². The summed E-state index contributed by atoms with van der Waals surface area (Å²) in [5, 5.41) is 0. The molecule has 146 valence electrons. The monoisotopic (exact) mass is 401 g/mol. The number of imidazole rings is 1. The molecule has 2 aliphatic heterocycles. The predicted molar refractivity (Wildman–Crippen MR) is 120 cm³/mol. The number of fused-ring (bicyclic) bond motifs is 7. The van der Waals surface area contributed by atoms with Gasteiger partial charge >= 0.3 is 0 Å². The van der Waals surface area contributed by atoms with Crippen LogP contribution in [0.3, 0.4) is 0 Å². The first-order chi connectivity index (χ1) is 15.3. The molecule has 0 unspecified atom stereocenters. The first kappa shape index (κ1) is 16.4. The third-order valence-corrected chi connectivity index (χ3v) is 5.93. The molecule has 0 aliphatic carbocycles. The third-order valence-electron chi connectivity index (χ3n) is 5.93. The summed E-state index contributed by atoms with van der Waals surface area (Å²) in [6, 6.07) is 29.5. The van der Waals surface area contributed by atoms with Gasteiger partial charge in [-0.1, -0.05) is 48.5 Å². The van der Waals surface area contributed by atoms with Gasteiger partial charge in [0.2, 0.25) is 0 Å². The summed E-state index contributed by atoms with van der Waals surface area (Å²) in [5.74, 6) is 2.15. The Morgan fingerprint density at radius 1 is 0.677 bits per heavy atom. The summed E-state index contributed by atoms with van der Waals surface area (Å²) in [4.78, 5) is 20.6. The molecule has 1 aromatic heterocycles. The third kappa shape index (κ3) is 2.09. The van der Waals surface area contributed by atoms with Crippen molar-refractivity contribution in [1.82, 2.24) is 9.55 Å². The van der Waals surface area contributed by atoms with E-state index in [0.29, 0.717) is 11.4 Å². The zero-order chi connectivity index (χ0) is 20.5. The highest BCUT2D eigenvalue weighted by atomic mass is 16.5. The largest absolute Gasteiger partial charge is 0.453 e. The number of benzene rings is 4. The second-order valence-corrected chi connectivity index (χ2v) is 7.64. The van der Waals surface area contributed by atoms with Crippen LogP contribution in [0.2, 0.25) is 0 Å². The number of carbonyl (C=O) groups excluding carboxylic acids is 1. The molecule has 5 aromatic rings. The van der Waals surface area contributed by atoms with Crippen molar-refractivity contribution < 1.29 is 9.53 Å². The molecule has 7 rings (SSSR count). The van der Waals surface area contributed by atoms with Crippen molar-refractivity contribution in [2.75, 3.05) is 4.90 Å². The van der Waals surface area contributed by atoms with E-state index < -0.39 is 0 Å². The van der Waals surface area contributed by atoms with Crippen LogP contribution >= 0.6 is 0 Å². The zero-order valence-electron chi connectivity index (χ0n) is 16.3. The van der Waals surface area contributed by atoms with Gasteiger partial charge in [0.1, 0.15) is 5.82 Å². The lowest BCUT2D eigenvalue weighted by molar-refractivity contribution is 0.0974. The van der Waals surface area contributed by atoms with Gasteiger partial charge in [0, 0.05) is 5.56 Å². The lowest BCUT2D eigenvalue weighted by atomic mass is 10.0. The molecule has 31 heavy (non-hydrogen) atoms. The molecule has 5 nitrogen and oxygen atoms in total. The topological polar surface area (TPSA) is 47.4 Å². The SMILES string of the molecule is O=C1c2c(cccc2N2c3ccccc3Oc3ccccc32)-c2nc3ccccc3n21. The van der Waals surface area contributed by atoms with Gasteiger partial charge in [0.05, 0.1) is 33.7 Å². The van der Waals surface area contributed by atoms with Crippen LogP contribution in [-0.2, 0) is 0 Å². The molecule has 0 saturated carbocycles. The quantitative estimate of drug-likeness (QED) is 0.325. The highest BCUT2D eigenvalue weighted by Crippen LogP contribution is 2.52. The number of para-hydroxylation sites is 6. The maximum atomic E-state index is 13.7. The average molecular weight is 401 g/mol. The van der Waals surface area contributed by atoms with Gasteiger partial charge in [0.25, 0.3) is 5.91 Å². The number of rotatable bonds is 1. The summed E-state index contributed by atoms with van der Waals surface area (Å²) in [6.07, 6.45) is 0. The maximum absolute atomic E-state index is 13.7. The molecule has 0 fully saturated rings. The zero-order valence-corrected chi connectivity index (χ0v) is 16.3. The molecular weight excluding hydrogens is 386 g/mol. The molecular formula is C26H15N3O2. The minimum Gasteiger partial charge on any atom is -0.453 e. The van der Waals surface area contributed by atoms with Crippen LogP contribution in [0.5, 0.6) is 11.5 Å². The molecule has 0 N–H and O–H groups in total. The average Bonchev–Trinajstić information content (AvgIpc) is 3.33. The number of aromatic nitrogens is 2. The summed E-state index contributed by atoms with van der Waals surface area (Å²) in [7, 11) is 0. The van der Waals surface area contributed by atoms with E-state index in [1.54, 1.807) is 4.57 Å². The molecule has 4 aromatic carbocycles. The van der Waals surface area contributed by atoms with Crippen LogP contribution in [0.4, 0.5) is 17.1 Å². The summed E-state index contributed by atoms with van der Waals surface area (Å²) < 4.78 is 7.86. The van der Waals surface area contributed by atoms with Crippen LogP contribution in [-0.4, -0.2) is 15.5 Å². The van der Waals surface area contributed by atoms with Crippen molar-refractivity contribution >= 4 is 34.0 Å². The van der Waals surface area contributed by atoms with Gasteiger partial charge in [-0.25, -0.2) is 4.98 Å². The second kappa shape index (κ2) is 5.83.